The van der Waals surface area contributed by atoms with Gasteiger partial charge in [0.2, 0.25) is 11.7 Å². The van der Waals surface area contributed by atoms with Gasteiger partial charge in [-0.1, -0.05) is 12.1 Å². The van der Waals surface area contributed by atoms with E-state index in [4.69, 9.17) is 14.5 Å². The summed E-state index contributed by atoms with van der Waals surface area (Å²) in [5.74, 6) is 1.20. The van der Waals surface area contributed by atoms with E-state index in [1.807, 2.05) is 24.3 Å². The smallest absolute Gasteiger partial charge is 0.260 e. The first-order chi connectivity index (χ1) is 16.6. The molecule has 1 amide bonds. The highest BCUT2D eigenvalue weighted by Crippen LogP contribution is 2.26. The summed E-state index contributed by atoms with van der Waals surface area (Å²) < 4.78 is 13.8. The van der Waals surface area contributed by atoms with E-state index in [2.05, 4.69) is 10.3 Å². The van der Waals surface area contributed by atoms with Crippen molar-refractivity contribution in [2.75, 3.05) is 19.5 Å². The largest absolute Gasteiger partial charge is 0.497 e. The van der Waals surface area contributed by atoms with E-state index in [0.717, 1.165) is 11.1 Å². The molecule has 0 spiro atoms. The number of aromatic nitrogens is 4. The highest BCUT2D eigenvalue weighted by molar-refractivity contribution is 5.93. The minimum Gasteiger partial charge on any atom is -0.497 e. The summed E-state index contributed by atoms with van der Waals surface area (Å²) in [6, 6.07) is 17.6. The maximum atomic E-state index is 13.1. The van der Waals surface area contributed by atoms with E-state index in [9.17, 15) is 9.59 Å². The van der Waals surface area contributed by atoms with Gasteiger partial charge in [0.25, 0.3) is 5.56 Å². The van der Waals surface area contributed by atoms with Crippen LogP contribution >= 0.6 is 0 Å². The van der Waals surface area contributed by atoms with Crippen LogP contribution in [0.15, 0.2) is 77.9 Å². The number of hydrogen-bond acceptors (Lipinski definition) is 6. The zero-order chi connectivity index (χ0) is 23.7. The van der Waals surface area contributed by atoms with Crippen LogP contribution in [0.5, 0.6) is 11.5 Å². The topological polar surface area (TPSA) is 99.8 Å². The fraction of sp³-hybridized carbons (Fsp3) is 0.120. The molecule has 170 valence electrons. The number of nitrogens with zero attached hydrogens (tertiary/aromatic N) is 4. The molecule has 0 atom stereocenters. The van der Waals surface area contributed by atoms with Gasteiger partial charge in [-0.15, -0.1) is 0 Å². The van der Waals surface area contributed by atoms with Crippen LogP contribution in [0.1, 0.15) is 0 Å². The number of anilines is 1. The SMILES string of the molecule is COc1cc(NC(=O)Cn2c3ccccc3n3c(=O)cc(-c4ccncc4)nc23)cc(OC)c1. The number of nitrogens with one attached hydrogen (secondary N) is 1. The summed E-state index contributed by atoms with van der Waals surface area (Å²) >= 11 is 0. The van der Waals surface area contributed by atoms with Gasteiger partial charge in [0.1, 0.15) is 18.0 Å². The molecular formula is C25H21N5O4. The molecule has 0 aliphatic carbocycles. The van der Waals surface area contributed by atoms with Gasteiger partial charge < -0.3 is 19.4 Å². The van der Waals surface area contributed by atoms with Crippen LogP contribution in [0.4, 0.5) is 5.69 Å². The Morgan fingerprint density at radius 2 is 1.62 bits per heavy atom. The lowest BCUT2D eigenvalue weighted by atomic mass is 10.2. The number of carbonyl (C=O) groups excluding carboxylic acids is 1. The van der Waals surface area contributed by atoms with Crippen LogP contribution in [-0.2, 0) is 11.3 Å². The summed E-state index contributed by atoms with van der Waals surface area (Å²) in [5, 5.41) is 2.88. The quantitative estimate of drug-likeness (QED) is 0.421. The number of benzene rings is 2. The number of amides is 1. The predicted octanol–water partition coefficient (Wildman–Crippen LogP) is 3.37. The highest BCUT2D eigenvalue weighted by Gasteiger charge is 2.17. The minimum absolute atomic E-state index is 0.0528. The average molecular weight is 455 g/mol. The van der Waals surface area contributed by atoms with E-state index in [-0.39, 0.29) is 18.0 Å². The van der Waals surface area contributed by atoms with Crippen LogP contribution in [0.2, 0.25) is 0 Å². The first-order valence-electron chi connectivity index (χ1n) is 10.5. The Hall–Kier alpha value is -4.66. The maximum absolute atomic E-state index is 13.1. The van der Waals surface area contributed by atoms with Crippen LogP contribution in [0.3, 0.4) is 0 Å². The van der Waals surface area contributed by atoms with Crippen molar-refractivity contribution in [2.45, 2.75) is 6.54 Å². The molecule has 0 radical (unpaired) electrons. The average Bonchev–Trinajstić information content (AvgIpc) is 3.18. The van der Waals surface area contributed by atoms with E-state index >= 15 is 0 Å². The first-order valence-corrected chi connectivity index (χ1v) is 10.5. The lowest BCUT2D eigenvalue weighted by Gasteiger charge is -2.11. The van der Waals surface area contributed by atoms with Gasteiger partial charge in [-0.25, -0.2) is 9.38 Å². The number of pyridine rings is 1. The lowest BCUT2D eigenvalue weighted by Crippen LogP contribution is -2.20. The molecule has 2 aromatic carbocycles. The van der Waals surface area contributed by atoms with Crippen LogP contribution in [0.25, 0.3) is 28.1 Å². The molecule has 0 saturated carbocycles. The summed E-state index contributed by atoms with van der Waals surface area (Å²) in [6.07, 6.45) is 3.29. The lowest BCUT2D eigenvalue weighted by molar-refractivity contribution is -0.116. The third-order valence-electron chi connectivity index (χ3n) is 5.47. The Morgan fingerprint density at radius 1 is 0.941 bits per heavy atom. The molecule has 1 N–H and O–H groups in total. The molecule has 0 aliphatic heterocycles. The number of para-hydroxylation sites is 2. The number of rotatable bonds is 6. The molecule has 0 fully saturated rings. The molecular weight excluding hydrogens is 434 g/mol. The fourth-order valence-electron chi connectivity index (χ4n) is 3.92. The molecule has 0 unspecified atom stereocenters. The van der Waals surface area contributed by atoms with Gasteiger partial charge in [0, 0.05) is 47.9 Å². The second-order valence-corrected chi connectivity index (χ2v) is 7.58. The van der Waals surface area contributed by atoms with Gasteiger partial charge in [-0.05, 0) is 24.3 Å². The van der Waals surface area contributed by atoms with Crippen LogP contribution < -0.4 is 20.3 Å². The normalized spacial score (nSPS) is 11.0. The van der Waals surface area contributed by atoms with Crippen LogP contribution in [-0.4, -0.2) is 39.1 Å². The van der Waals surface area contributed by atoms with Gasteiger partial charge in [-0.3, -0.25) is 14.6 Å². The van der Waals surface area contributed by atoms with Crippen molar-refractivity contribution in [3.05, 3.63) is 83.4 Å². The zero-order valence-electron chi connectivity index (χ0n) is 18.6. The molecule has 0 aliphatic rings. The van der Waals surface area contributed by atoms with Crippen LogP contribution in [0, 0.1) is 0 Å². The Morgan fingerprint density at radius 3 is 2.29 bits per heavy atom. The number of ether oxygens (including phenoxy) is 2. The highest BCUT2D eigenvalue weighted by atomic mass is 16.5. The van der Waals surface area contributed by atoms with Crippen molar-refractivity contribution >= 4 is 28.4 Å². The predicted molar refractivity (Wildman–Crippen MR) is 128 cm³/mol. The van der Waals surface area contributed by atoms with E-state index in [1.165, 1.54) is 10.5 Å². The number of imidazole rings is 1. The Kier molecular flexibility index (Phi) is 5.43. The van der Waals surface area contributed by atoms with Crippen molar-refractivity contribution in [3.8, 4) is 22.8 Å². The third-order valence-corrected chi connectivity index (χ3v) is 5.47. The number of hydrogen-bond donors (Lipinski definition) is 1. The Bertz CT molecular complexity index is 1550. The molecule has 0 bridgehead atoms. The van der Waals surface area contributed by atoms with Gasteiger partial charge in [0.15, 0.2) is 0 Å². The summed E-state index contributed by atoms with van der Waals surface area (Å²) in [5.41, 5.74) is 2.97. The van der Waals surface area contributed by atoms with Crippen molar-refractivity contribution in [3.63, 3.8) is 0 Å². The fourth-order valence-corrected chi connectivity index (χ4v) is 3.92. The molecule has 5 aromatic rings. The van der Waals surface area contributed by atoms with E-state index in [0.29, 0.717) is 34.2 Å². The summed E-state index contributed by atoms with van der Waals surface area (Å²) in [7, 11) is 3.09. The Balaban J connectivity index is 1.59. The second kappa shape index (κ2) is 8.70. The van der Waals surface area contributed by atoms with Crippen molar-refractivity contribution in [2.24, 2.45) is 0 Å². The van der Waals surface area contributed by atoms with E-state index in [1.54, 1.807) is 61.5 Å². The first kappa shape index (κ1) is 21.2. The van der Waals surface area contributed by atoms with Crippen molar-refractivity contribution in [1.29, 1.82) is 0 Å². The second-order valence-electron chi connectivity index (χ2n) is 7.58. The number of methoxy groups -OCH3 is 2. The number of fused-ring (bicyclic) bond motifs is 3. The Labute approximate surface area is 194 Å². The van der Waals surface area contributed by atoms with Crippen molar-refractivity contribution < 1.29 is 14.3 Å². The summed E-state index contributed by atoms with van der Waals surface area (Å²) in [4.78, 5) is 34.9. The molecule has 34 heavy (non-hydrogen) atoms. The van der Waals surface area contributed by atoms with Crippen molar-refractivity contribution in [1.82, 2.24) is 18.9 Å². The maximum Gasteiger partial charge on any atom is 0.260 e. The molecule has 9 heteroatoms. The zero-order valence-corrected chi connectivity index (χ0v) is 18.6. The van der Waals surface area contributed by atoms with Gasteiger partial charge >= 0.3 is 0 Å². The molecule has 3 aromatic heterocycles. The third kappa shape index (κ3) is 3.83. The monoisotopic (exact) mass is 455 g/mol. The minimum atomic E-state index is -0.290. The molecule has 9 nitrogen and oxygen atoms in total. The molecule has 5 rings (SSSR count). The van der Waals surface area contributed by atoms with Gasteiger partial charge in [-0.2, -0.15) is 0 Å². The van der Waals surface area contributed by atoms with Gasteiger partial charge in [0.05, 0.1) is 30.9 Å². The molecule has 0 saturated heterocycles. The number of carbonyl (C=O) groups is 1. The standard InChI is InChI=1S/C25H21N5O4/c1-33-18-11-17(12-19(13-18)34-2)27-23(31)15-29-21-5-3-4-6-22(21)30-24(32)14-20(28-25(29)30)16-7-9-26-10-8-16/h3-14H,15H2,1-2H3,(H,27,31). The van der Waals surface area contributed by atoms with E-state index < -0.39 is 0 Å². The molecule has 3 heterocycles. The summed E-state index contributed by atoms with van der Waals surface area (Å²) in [6.45, 7) is -0.0528.